The molecule has 102 valence electrons. The molecule has 0 bridgehead atoms. The van der Waals surface area contributed by atoms with Crippen molar-refractivity contribution < 1.29 is 4.74 Å². The van der Waals surface area contributed by atoms with Crippen LogP contribution in [-0.2, 0) is 11.3 Å². The van der Waals surface area contributed by atoms with E-state index >= 15 is 0 Å². The smallest absolute Gasteiger partial charge is 0.0472 e. The van der Waals surface area contributed by atoms with Crippen LogP contribution in [-0.4, -0.2) is 45.3 Å². The molecule has 0 amide bonds. The Balaban J connectivity index is 1.91. The second-order valence-electron chi connectivity index (χ2n) is 5.45. The van der Waals surface area contributed by atoms with Gasteiger partial charge in [0.2, 0.25) is 0 Å². The van der Waals surface area contributed by atoms with Crippen LogP contribution in [0.15, 0.2) is 16.8 Å². The van der Waals surface area contributed by atoms with Gasteiger partial charge < -0.3 is 15.0 Å². The minimum Gasteiger partial charge on any atom is -0.381 e. The Labute approximate surface area is 114 Å². The molecule has 4 heteroatoms. The highest BCUT2D eigenvalue weighted by molar-refractivity contribution is 7.07. The molecule has 0 aliphatic carbocycles. The number of hydrogen-bond acceptors (Lipinski definition) is 4. The zero-order valence-electron chi connectivity index (χ0n) is 11.4. The van der Waals surface area contributed by atoms with Crippen molar-refractivity contribution in [2.45, 2.75) is 19.4 Å². The van der Waals surface area contributed by atoms with E-state index in [-0.39, 0.29) is 0 Å². The highest BCUT2D eigenvalue weighted by atomic mass is 32.1. The average molecular weight is 268 g/mol. The Kier molecular flexibility index (Phi) is 5.18. The van der Waals surface area contributed by atoms with Gasteiger partial charge >= 0.3 is 0 Å². The van der Waals surface area contributed by atoms with Gasteiger partial charge in [0.15, 0.2) is 0 Å². The normalized spacial score (nSPS) is 19.3. The van der Waals surface area contributed by atoms with Gasteiger partial charge in [-0.1, -0.05) is 0 Å². The molecule has 2 heterocycles. The van der Waals surface area contributed by atoms with E-state index in [2.05, 4.69) is 41.1 Å². The van der Waals surface area contributed by atoms with Gasteiger partial charge in [0.05, 0.1) is 0 Å². The molecule has 1 N–H and O–H groups in total. The van der Waals surface area contributed by atoms with Gasteiger partial charge in [0.25, 0.3) is 0 Å². The van der Waals surface area contributed by atoms with Gasteiger partial charge in [-0.2, -0.15) is 11.3 Å². The minimum atomic E-state index is 0.387. The van der Waals surface area contributed by atoms with Gasteiger partial charge in [-0.05, 0) is 54.7 Å². The lowest BCUT2D eigenvalue weighted by molar-refractivity contribution is -0.000720. The summed E-state index contributed by atoms with van der Waals surface area (Å²) in [5.41, 5.74) is 1.81. The van der Waals surface area contributed by atoms with Crippen LogP contribution in [0.4, 0.5) is 0 Å². The van der Waals surface area contributed by atoms with Crippen LogP contribution in [0.2, 0.25) is 0 Å². The van der Waals surface area contributed by atoms with Crippen LogP contribution >= 0.6 is 11.3 Å². The number of thiophene rings is 1. The van der Waals surface area contributed by atoms with E-state index in [0.29, 0.717) is 5.41 Å². The summed E-state index contributed by atoms with van der Waals surface area (Å²) < 4.78 is 5.51. The van der Waals surface area contributed by atoms with Crippen molar-refractivity contribution in [1.82, 2.24) is 10.2 Å². The SMILES string of the molecule is CNCC1(CN(C)Cc2ccsc2)CCOCC1. The number of hydrogen-bond donors (Lipinski definition) is 1. The third kappa shape index (κ3) is 3.79. The van der Waals surface area contributed by atoms with E-state index in [1.54, 1.807) is 11.3 Å². The molecule has 18 heavy (non-hydrogen) atoms. The molecule has 0 spiro atoms. The maximum Gasteiger partial charge on any atom is 0.0472 e. The number of nitrogens with zero attached hydrogens (tertiary/aromatic N) is 1. The van der Waals surface area contributed by atoms with Crippen molar-refractivity contribution in [3.63, 3.8) is 0 Å². The van der Waals surface area contributed by atoms with Crippen LogP contribution in [0.3, 0.4) is 0 Å². The topological polar surface area (TPSA) is 24.5 Å². The van der Waals surface area contributed by atoms with Gasteiger partial charge in [-0.3, -0.25) is 0 Å². The van der Waals surface area contributed by atoms with Crippen LogP contribution in [0.1, 0.15) is 18.4 Å². The summed E-state index contributed by atoms with van der Waals surface area (Å²) in [6.45, 7) is 5.11. The summed E-state index contributed by atoms with van der Waals surface area (Å²) in [6.07, 6.45) is 2.34. The molecule has 0 unspecified atom stereocenters. The number of nitrogens with one attached hydrogen (secondary N) is 1. The number of rotatable bonds is 6. The molecular formula is C14H24N2OS. The largest absolute Gasteiger partial charge is 0.381 e. The van der Waals surface area contributed by atoms with E-state index in [1.165, 1.54) is 18.4 Å². The van der Waals surface area contributed by atoms with Crippen molar-refractivity contribution in [3.05, 3.63) is 22.4 Å². The van der Waals surface area contributed by atoms with E-state index < -0.39 is 0 Å². The van der Waals surface area contributed by atoms with E-state index in [1.807, 2.05) is 0 Å². The fourth-order valence-electron chi connectivity index (χ4n) is 2.89. The molecule has 0 saturated carbocycles. The molecule has 1 aliphatic heterocycles. The van der Waals surface area contributed by atoms with Crippen molar-refractivity contribution in [2.75, 3.05) is 40.4 Å². The highest BCUT2D eigenvalue weighted by Gasteiger charge is 2.33. The maximum absolute atomic E-state index is 5.51. The highest BCUT2D eigenvalue weighted by Crippen LogP contribution is 2.31. The predicted octanol–water partition coefficient (Wildman–Crippen LogP) is 2.20. The Morgan fingerprint density at radius 3 is 2.83 bits per heavy atom. The van der Waals surface area contributed by atoms with E-state index in [9.17, 15) is 0 Å². The van der Waals surface area contributed by atoms with Gasteiger partial charge in [0, 0.05) is 32.8 Å². The van der Waals surface area contributed by atoms with Gasteiger partial charge in [0.1, 0.15) is 0 Å². The molecule has 0 atom stereocenters. The Morgan fingerprint density at radius 1 is 1.44 bits per heavy atom. The molecule has 1 saturated heterocycles. The maximum atomic E-state index is 5.51. The second-order valence-corrected chi connectivity index (χ2v) is 6.23. The first kappa shape index (κ1) is 14.0. The first-order valence-corrected chi connectivity index (χ1v) is 7.60. The lowest BCUT2D eigenvalue weighted by Crippen LogP contribution is -2.45. The standard InChI is InChI=1S/C14H24N2OS/c1-15-11-14(4-6-17-7-5-14)12-16(2)9-13-3-8-18-10-13/h3,8,10,15H,4-7,9,11-12H2,1-2H3. The predicted molar refractivity (Wildman–Crippen MR) is 77.1 cm³/mol. The lowest BCUT2D eigenvalue weighted by Gasteiger charge is -2.40. The van der Waals surface area contributed by atoms with Crippen molar-refractivity contribution in [3.8, 4) is 0 Å². The third-order valence-electron chi connectivity index (χ3n) is 3.74. The zero-order chi connectivity index (χ0) is 12.8. The molecule has 1 fully saturated rings. The molecule has 0 aromatic carbocycles. The summed E-state index contributed by atoms with van der Waals surface area (Å²) in [5, 5.41) is 7.76. The first-order chi connectivity index (χ1) is 8.74. The van der Waals surface area contributed by atoms with Crippen LogP contribution in [0.5, 0.6) is 0 Å². The van der Waals surface area contributed by atoms with E-state index in [0.717, 1.165) is 32.8 Å². The van der Waals surface area contributed by atoms with Crippen molar-refractivity contribution in [2.24, 2.45) is 5.41 Å². The molecule has 1 aromatic heterocycles. The second kappa shape index (κ2) is 6.66. The number of ether oxygens (including phenoxy) is 1. The van der Waals surface area contributed by atoms with E-state index in [4.69, 9.17) is 4.74 Å². The first-order valence-electron chi connectivity index (χ1n) is 6.66. The fraction of sp³-hybridized carbons (Fsp3) is 0.714. The molecule has 1 aromatic rings. The van der Waals surface area contributed by atoms with Gasteiger partial charge in [-0.15, -0.1) is 0 Å². The quantitative estimate of drug-likeness (QED) is 0.856. The summed E-state index contributed by atoms with van der Waals surface area (Å²) in [7, 11) is 4.28. The monoisotopic (exact) mass is 268 g/mol. The van der Waals surface area contributed by atoms with Crippen molar-refractivity contribution >= 4 is 11.3 Å². The summed E-state index contributed by atoms with van der Waals surface area (Å²) in [4.78, 5) is 2.45. The lowest BCUT2D eigenvalue weighted by atomic mass is 9.79. The van der Waals surface area contributed by atoms with Crippen LogP contribution in [0.25, 0.3) is 0 Å². The molecule has 3 nitrogen and oxygen atoms in total. The Morgan fingerprint density at radius 2 is 2.22 bits per heavy atom. The summed E-state index contributed by atoms with van der Waals surface area (Å²) >= 11 is 1.78. The molecular weight excluding hydrogens is 244 g/mol. The molecule has 1 aliphatic rings. The summed E-state index contributed by atoms with van der Waals surface area (Å²) in [6, 6.07) is 2.22. The Bertz CT molecular complexity index is 328. The molecule has 0 radical (unpaired) electrons. The average Bonchev–Trinajstić information content (AvgIpc) is 2.83. The Hall–Kier alpha value is -0.420. The van der Waals surface area contributed by atoms with Crippen LogP contribution in [0, 0.1) is 5.41 Å². The summed E-state index contributed by atoms with van der Waals surface area (Å²) in [5.74, 6) is 0. The zero-order valence-corrected chi connectivity index (χ0v) is 12.3. The van der Waals surface area contributed by atoms with Crippen LogP contribution < -0.4 is 5.32 Å². The van der Waals surface area contributed by atoms with Crippen molar-refractivity contribution in [1.29, 1.82) is 0 Å². The third-order valence-corrected chi connectivity index (χ3v) is 4.48. The minimum absolute atomic E-state index is 0.387. The van der Waals surface area contributed by atoms with Gasteiger partial charge in [-0.25, -0.2) is 0 Å². The molecule has 2 rings (SSSR count). The fourth-order valence-corrected chi connectivity index (χ4v) is 3.55.